The van der Waals surface area contributed by atoms with Crippen molar-refractivity contribution in [3.63, 3.8) is 0 Å². The lowest BCUT2D eigenvalue weighted by molar-refractivity contribution is -0.125. The van der Waals surface area contributed by atoms with Gasteiger partial charge in [-0.3, -0.25) is 4.79 Å². The van der Waals surface area contributed by atoms with E-state index >= 15 is 0 Å². The van der Waals surface area contributed by atoms with Gasteiger partial charge in [-0.2, -0.15) is 0 Å². The van der Waals surface area contributed by atoms with Gasteiger partial charge in [-0.1, -0.05) is 6.92 Å². The molecule has 1 rings (SSSR count). The average molecular weight is 244 g/mol. The lowest BCUT2D eigenvalue weighted by atomic mass is 9.97. The fourth-order valence-corrected chi connectivity index (χ4v) is 1.96. The Morgan fingerprint density at radius 1 is 1.53 bits per heavy atom. The number of amides is 1. The van der Waals surface area contributed by atoms with E-state index in [0.717, 1.165) is 32.6 Å². The Kier molecular flexibility index (Phi) is 5.88. The summed E-state index contributed by atoms with van der Waals surface area (Å²) in [6.45, 7) is 6.59. The highest BCUT2D eigenvalue weighted by molar-refractivity contribution is 5.84. The van der Waals surface area contributed by atoms with Crippen LogP contribution in [0.2, 0.25) is 0 Å². The van der Waals surface area contributed by atoms with Crippen LogP contribution in [-0.4, -0.2) is 43.9 Å². The van der Waals surface area contributed by atoms with Crippen LogP contribution in [0.3, 0.4) is 0 Å². The molecule has 0 radical (unpaired) electrons. The van der Waals surface area contributed by atoms with Crippen molar-refractivity contribution in [2.75, 3.05) is 26.4 Å². The second kappa shape index (κ2) is 6.93. The summed E-state index contributed by atoms with van der Waals surface area (Å²) in [5.41, 5.74) is 4.73. The smallest absolute Gasteiger partial charge is 0.237 e. The monoisotopic (exact) mass is 244 g/mol. The number of carbonyl (C=O) groups is 1. The summed E-state index contributed by atoms with van der Waals surface area (Å²) >= 11 is 0. The van der Waals surface area contributed by atoms with Crippen LogP contribution in [0.15, 0.2) is 0 Å². The maximum Gasteiger partial charge on any atom is 0.237 e. The molecule has 1 aliphatic heterocycles. The van der Waals surface area contributed by atoms with Crippen LogP contribution < -0.4 is 11.1 Å². The summed E-state index contributed by atoms with van der Waals surface area (Å²) in [5.74, 6) is -0.324. The normalized spacial score (nSPS) is 21.1. The average Bonchev–Trinajstić information content (AvgIpc) is 2.30. The second-order valence-electron chi connectivity index (χ2n) is 4.66. The minimum absolute atomic E-state index is 0.266. The van der Waals surface area contributed by atoms with Gasteiger partial charge in [0.2, 0.25) is 5.91 Å². The number of hydrogen-bond acceptors (Lipinski definition) is 4. The van der Waals surface area contributed by atoms with Gasteiger partial charge in [-0.05, 0) is 32.7 Å². The van der Waals surface area contributed by atoms with Crippen LogP contribution in [0.4, 0.5) is 0 Å². The molecule has 0 aliphatic carbocycles. The molecule has 100 valence electrons. The van der Waals surface area contributed by atoms with E-state index in [1.165, 1.54) is 0 Å². The van der Waals surface area contributed by atoms with E-state index in [2.05, 4.69) is 5.32 Å². The zero-order valence-corrected chi connectivity index (χ0v) is 10.8. The molecule has 0 spiro atoms. The van der Waals surface area contributed by atoms with Crippen molar-refractivity contribution < 1.29 is 14.3 Å². The summed E-state index contributed by atoms with van der Waals surface area (Å²) in [5, 5.41) is 3.12. The Bertz CT molecular complexity index is 242. The summed E-state index contributed by atoms with van der Waals surface area (Å²) < 4.78 is 11.0. The minimum Gasteiger partial charge on any atom is -0.381 e. The molecule has 1 fully saturated rings. The van der Waals surface area contributed by atoms with Crippen molar-refractivity contribution in [1.82, 2.24) is 5.32 Å². The van der Waals surface area contributed by atoms with Crippen molar-refractivity contribution in [3.8, 4) is 0 Å². The summed E-state index contributed by atoms with van der Waals surface area (Å²) in [6, 6.07) is 0. The SMILES string of the molecule is CCNC(C)(CCOC1CCOCC1)C(N)=O. The maximum absolute atomic E-state index is 11.4. The van der Waals surface area contributed by atoms with Crippen molar-refractivity contribution >= 4 is 5.91 Å². The van der Waals surface area contributed by atoms with Crippen LogP contribution in [0.25, 0.3) is 0 Å². The van der Waals surface area contributed by atoms with Crippen LogP contribution >= 0.6 is 0 Å². The Morgan fingerprint density at radius 3 is 2.71 bits per heavy atom. The number of rotatable bonds is 7. The third kappa shape index (κ3) is 4.61. The molecule has 1 unspecified atom stereocenters. The quantitative estimate of drug-likeness (QED) is 0.681. The Morgan fingerprint density at radius 2 is 2.18 bits per heavy atom. The standard InChI is InChI=1S/C12H24N2O3/c1-3-14-12(2,11(13)15)6-9-17-10-4-7-16-8-5-10/h10,14H,3-9H2,1-2H3,(H2,13,15). The van der Waals surface area contributed by atoms with Gasteiger partial charge in [-0.25, -0.2) is 0 Å². The fourth-order valence-electron chi connectivity index (χ4n) is 1.96. The summed E-state index contributed by atoms with van der Waals surface area (Å²) in [7, 11) is 0. The minimum atomic E-state index is -0.667. The molecular formula is C12H24N2O3. The van der Waals surface area contributed by atoms with E-state index in [0.29, 0.717) is 13.0 Å². The van der Waals surface area contributed by atoms with E-state index in [-0.39, 0.29) is 12.0 Å². The van der Waals surface area contributed by atoms with Gasteiger partial charge in [0.25, 0.3) is 0 Å². The number of nitrogens with two attached hydrogens (primary N) is 1. The van der Waals surface area contributed by atoms with Crippen LogP contribution in [0.5, 0.6) is 0 Å². The van der Waals surface area contributed by atoms with E-state index in [9.17, 15) is 4.79 Å². The number of primary amides is 1. The van der Waals surface area contributed by atoms with E-state index in [4.69, 9.17) is 15.2 Å². The molecule has 0 aromatic rings. The third-order valence-electron chi connectivity index (χ3n) is 3.23. The third-order valence-corrected chi connectivity index (χ3v) is 3.23. The Labute approximate surface area is 103 Å². The van der Waals surface area contributed by atoms with Crippen molar-refractivity contribution in [3.05, 3.63) is 0 Å². The van der Waals surface area contributed by atoms with Gasteiger partial charge in [0, 0.05) is 19.8 Å². The first kappa shape index (κ1) is 14.4. The molecule has 0 aromatic carbocycles. The van der Waals surface area contributed by atoms with Crippen molar-refractivity contribution in [2.45, 2.75) is 44.8 Å². The molecule has 17 heavy (non-hydrogen) atoms. The maximum atomic E-state index is 11.4. The molecular weight excluding hydrogens is 220 g/mol. The highest BCUT2D eigenvalue weighted by Gasteiger charge is 2.29. The second-order valence-corrected chi connectivity index (χ2v) is 4.66. The summed E-state index contributed by atoms with van der Waals surface area (Å²) in [6.07, 6.45) is 2.75. The number of ether oxygens (including phenoxy) is 2. The van der Waals surface area contributed by atoms with Gasteiger partial charge in [0.1, 0.15) is 0 Å². The van der Waals surface area contributed by atoms with Crippen molar-refractivity contribution in [2.24, 2.45) is 5.73 Å². The molecule has 3 N–H and O–H groups in total. The van der Waals surface area contributed by atoms with E-state index in [1.807, 2.05) is 13.8 Å². The first-order chi connectivity index (χ1) is 8.08. The van der Waals surface area contributed by atoms with Gasteiger partial charge >= 0.3 is 0 Å². The lowest BCUT2D eigenvalue weighted by Crippen LogP contribution is -2.53. The summed E-state index contributed by atoms with van der Waals surface area (Å²) in [4.78, 5) is 11.4. The van der Waals surface area contributed by atoms with E-state index < -0.39 is 5.54 Å². The Balaban J connectivity index is 2.28. The molecule has 1 heterocycles. The number of nitrogens with one attached hydrogen (secondary N) is 1. The number of hydrogen-bond donors (Lipinski definition) is 2. The first-order valence-electron chi connectivity index (χ1n) is 6.33. The highest BCUT2D eigenvalue weighted by Crippen LogP contribution is 2.14. The van der Waals surface area contributed by atoms with Gasteiger partial charge in [0.05, 0.1) is 11.6 Å². The zero-order valence-electron chi connectivity index (χ0n) is 10.8. The largest absolute Gasteiger partial charge is 0.381 e. The van der Waals surface area contributed by atoms with E-state index in [1.54, 1.807) is 0 Å². The lowest BCUT2D eigenvalue weighted by Gasteiger charge is -2.28. The predicted octanol–water partition coefficient (Wildman–Crippen LogP) is 0.426. The van der Waals surface area contributed by atoms with Crippen LogP contribution in [0.1, 0.15) is 33.1 Å². The highest BCUT2D eigenvalue weighted by atomic mass is 16.5. The predicted molar refractivity (Wildman–Crippen MR) is 65.7 cm³/mol. The van der Waals surface area contributed by atoms with Crippen LogP contribution in [0, 0.1) is 0 Å². The number of carbonyl (C=O) groups excluding carboxylic acids is 1. The molecule has 1 amide bonds. The molecule has 5 nitrogen and oxygen atoms in total. The fraction of sp³-hybridized carbons (Fsp3) is 0.917. The van der Waals surface area contributed by atoms with Gasteiger partial charge < -0.3 is 20.5 Å². The molecule has 1 atom stereocenters. The molecule has 0 saturated carbocycles. The van der Waals surface area contributed by atoms with Crippen LogP contribution in [-0.2, 0) is 14.3 Å². The molecule has 5 heteroatoms. The zero-order chi connectivity index (χ0) is 12.7. The topological polar surface area (TPSA) is 73.6 Å². The molecule has 1 aliphatic rings. The van der Waals surface area contributed by atoms with Gasteiger partial charge in [-0.15, -0.1) is 0 Å². The Hall–Kier alpha value is -0.650. The first-order valence-corrected chi connectivity index (χ1v) is 6.33. The van der Waals surface area contributed by atoms with Gasteiger partial charge in [0.15, 0.2) is 0 Å². The number of likely N-dealkylation sites (N-methyl/N-ethyl adjacent to an activating group) is 1. The molecule has 1 saturated heterocycles. The molecule has 0 bridgehead atoms. The van der Waals surface area contributed by atoms with Crippen molar-refractivity contribution in [1.29, 1.82) is 0 Å². The molecule has 0 aromatic heterocycles.